The van der Waals surface area contributed by atoms with Gasteiger partial charge in [-0.2, -0.15) is 0 Å². The van der Waals surface area contributed by atoms with Gasteiger partial charge >= 0.3 is 5.97 Å². The quantitative estimate of drug-likeness (QED) is 0.428. The number of hydrogen-bond acceptors (Lipinski definition) is 5. The summed E-state index contributed by atoms with van der Waals surface area (Å²) in [4.78, 5) is 52.1. The Hall–Kier alpha value is -4.26. The van der Waals surface area contributed by atoms with Crippen LogP contribution in [0.2, 0.25) is 0 Å². The van der Waals surface area contributed by atoms with E-state index in [1.807, 2.05) is 36.4 Å². The summed E-state index contributed by atoms with van der Waals surface area (Å²) in [6, 6.07) is 23.6. The molecule has 0 saturated heterocycles. The van der Waals surface area contributed by atoms with Crippen molar-refractivity contribution < 1.29 is 23.9 Å². The van der Waals surface area contributed by atoms with E-state index in [0.717, 1.165) is 16.0 Å². The normalized spacial score (nSPS) is 13.4. The van der Waals surface area contributed by atoms with Gasteiger partial charge in [-0.1, -0.05) is 72.8 Å². The molecular weight excluding hydrogens is 420 g/mol. The Morgan fingerprint density at radius 3 is 1.85 bits per heavy atom. The largest absolute Gasteiger partial charge is 0.454 e. The van der Waals surface area contributed by atoms with Gasteiger partial charge in [0.25, 0.3) is 17.7 Å². The molecule has 0 aromatic heterocycles. The smallest absolute Gasteiger partial charge is 0.330 e. The molecule has 0 spiro atoms. The molecule has 3 aromatic carbocycles. The molecule has 1 atom stereocenters. The number of nitrogens with zero attached hydrogens (tertiary/aromatic N) is 1. The maximum absolute atomic E-state index is 13.0. The number of carbonyl (C=O) groups excluding carboxylic acids is 4. The Morgan fingerprint density at radius 1 is 0.758 bits per heavy atom. The monoisotopic (exact) mass is 442 g/mol. The van der Waals surface area contributed by atoms with Crippen LogP contribution in [0.15, 0.2) is 84.9 Å². The minimum atomic E-state index is -1.19. The van der Waals surface area contributed by atoms with Crippen molar-refractivity contribution in [2.45, 2.75) is 19.0 Å². The van der Waals surface area contributed by atoms with Crippen LogP contribution in [0.25, 0.3) is 0 Å². The van der Waals surface area contributed by atoms with Crippen molar-refractivity contribution in [2.24, 2.45) is 0 Å². The van der Waals surface area contributed by atoms with Crippen LogP contribution >= 0.6 is 0 Å². The van der Waals surface area contributed by atoms with Gasteiger partial charge in [-0.3, -0.25) is 19.3 Å². The zero-order valence-corrected chi connectivity index (χ0v) is 17.8. The molecule has 0 fully saturated rings. The second kappa shape index (κ2) is 9.91. The predicted octanol–water partition coefficient (Wildman–Crippen LogP) is 2.75. The average molecular weight is 442 g/mol. The van der Waals surface area contributed by atoms with Crippen molar-refractivity contribution >= 4 is 23.7 Å². The van der Waals surface area contributed by atoms with Crippen LogP contribution in [0.3, 0.4) is 0 Å². The molecule has 3 amide bonds. The molecule has 1 heterocycles. The zero-order valence-electron chi connectivity index (χ0n) is 17.8. The molecule has 3 aromatic rings. The number of esters is 1. The highest BCUT2D eigenvalue weighted by molar-refractivity contribution is 6.22. The fourth-order valence-corrected chi connectivity index (χ4v) is 3.69. The number of benzene rings is 3. The van der Waals surface area contributed by atoms with Gasteiger partial charge in [-0.15, -0.1) is 0 Å². The van der Waals surface area contributed by atoms with Crippen molar-refractivity contribution in [3.8, 4) is 0 Å². The van der Waals surface area contributed by atoms with E-state index in [2.05, 4.69) is 5.32 Å². The Kier molecular flexibility index (Phi) is 6.59. The lowest BCUT2D eigenvalue weighted by Gasteiger charge is -2.24. The van der Waals surface area contributed by atoms with Crippen molar-refractivity contribution in [1.29, 1.82) is 0 Å². The average Bonchev–Trinajstić information content (AvgIpc) is 3.11. The lowest BCUT2D eigenvalue weighted by molar-refractivity contribution is -0.152. The van der Waals surface area contributed by atoms with Crippen LogP contribution in [0.4, 0.5) is 0 Å². The third kappa shape index (κ3) is 4.98. The molecule has 0 saturated carbocycles. The van der Waals surface area contributed by atoms with Crippen molar-refractivity contribution in [3.63, 3.8) is 0 Å². The predicted molar refractivity (Wildman–Crippen MR) is 120 cm³/mol. The summed E-state index contributed by atoms with van der Waals surface area (Å²) in [6.07, 6.45) is 0.0801. The summed E-state index contributed by atoms with van der Waals surface area (Å²) in [5.41, 5.74) is 2.15. The molecule has 0 aliphatic carbocycles. The topological polar surface area (TPSA) is 92.8 Å². The Balaban J connectivity index is 1.47. The van der Waals surface area contributed by atoms with Gasteiger partial charge in [0, 0.05) is 13.0 Å². The van der Waals surface area contributed by atoms with E-state index in [0.29, 0.717) is 6.54 Å². The Labute approximate surface area is 191 Å². The summed E-state index contributed by atoms with van der Waals surface area (Å²) < 4.78 is 5.24. The fourth-order valence-electron chi connectivity index (χ4n) is 3.69. The second-order valence-corrected chi connectivity index (χ2v) is 7.60. The van der Waals surface area contributed by atoms with Gasteiger partial charge < -0.3 is 10.1 Å². The van der Waals surface area contributed by atoms with Gasteiger partial charge in [0.1, 0.15) is 6.04 Å². The molecule has 7 heteroatoms. The van der Waals surface area contributed by atoms with E-state index < -0.39 is 36.3 Å². The lowest BCUT2D eigenvalue weighted by Crippen LogP contribution is -2.47. The molecule has 33 heavy (non-hydrogen) atoms. The number of nitrogens with one attached hydrogen (secondary N) is 1. The highest BCUT2D eigenvalue weighted by Gasteiger charge is 2.43. The second-order valence-electron chi connectivity index (χ2n) is 7.60. The van der Waals surface area contributed by atoms with Crippen LogP contribution < -0.4 is 5.32 Å². The SMILES string of the molecule is O=C(COC(=O)[C@H](Cc1ccccc1)N1C(=O)c2ccccc2C1=O)NCc1ccccc1. The molecule has 1 aliphatic rings. The number of hydrogen-bond donors (Lipinski definition) is 1. The minimum absolute atomic E-state index is 0.0801. The molecule has 0 radical (unpaired) electrons. The molecule has 1 N–H and O–H groups in total. The first-order chi connectivity index (χ1) is 16.0. The van der Waals surface area contributed by atoms with E-state index in [1.165, 1.54) is 0 Å². The van der Waals surface area contributed by atoms with E-state index in [9.17, 15) is 19.2 Å². The van der Waals surface area contributed by atoms with Gasteiger partial charge in [0.2, 0.25) is 0 Å². The standard InChI is InChI=1S/C26H22N2O5/c29-23(27-16-19-11-5-2-6-12-19)17-33-26(32)22(15-18-9-3-1-4-10-18)28-24(30)20-13-7-8-14-21(20)25(28)31/h1-14,22H,15-17H2,(H,27,29)/t22-/m0/s1. The number of amides is 3. The minimum Gasteiger partial charge on any atom is -0.454 e. The van der Waals surface area contributed by atoms with Gasteiger partial charge in [-0.25, -0.2) is 4.79 Å². The van der Waals surface area contributed by atoms with E-state index in [-0.39, 0.29) is 17.5 Å². The molecular formula is C26H22N2O5. The van der Waals surface area contributed by atoms with Crippen LogP contribution in [-0.4, -0.2) is 41.2 Å². The van der Waals surface area contributed by atoms with Crippen LogP contribution in [0.1, 0.15) is 31.8 Å². The number of rotatable bonds is 8. The summed E-state index contributed by atoms with van der Waals surface area (Å²) in [5.74, 6) is -2.40. The highest BCUT2D eigenvalue weighted by atomic mass is 16.5. The summed E-state index contributed by atoms with van der Waals surface area (Å²) in [5, 5.41) is 2.68. The van der Waals surface area contributed by atoms with Crippen LogP contribution in [0, 0.1) is 0 Å². The number of ether oxygens (including phenoxy) is 1. The van der Waals surface area contributed by atoms with Crippen LogP contribution in [0.5, 0.6) is 0 Å². The van der Waals surface area contributed by atoms with Gasteiger partial charge in [0.05, 0.1) is 11.1 Å². The fraction of sp³-hybridized carbons (Fsp3) is 0.154. The van der Waals surface area contributed by atoms with Crippen LogP contribution in [-0.2, 0) is 27.3 Å². The summed E-state index contributed by atoms with van der Waals surface area (Å²) in [7, 11) is 0. The van der Waals surface area contributed by atoms with E-state index in [4.69, 9.17) is 4.74 Å². The van der Waals surface area contributed by atoms with E-state index >= 15 is 0 Å². The summed E-state index contributed by atoms with van der Waals surface area (Å²) in [6.45, 7) is -0.219. The molecule has 0 unspecified atom stereocenters. The lowest BCUT2D eigenvalue weighted by atomic mass is 10.0. The molecule has 4 rings (SSSR count). The first-order valence-corrected chi connectivity index (χ1v) is 10.5. The molecule has 166 valence electrons. The maximum atomic E-state index is 13.0. The first-order valence-electron chi connectivity index (χ1n) is 10.5. The molecule has 7 nitrogen and oxygen atoms in total. The number of fused-ring (bicyclic) bond motifs is 1. The van der Waals surface area contributed by atoms with Gasteiger partial charge in [0.15, 0.2) is 6.61 Å². The number of imide groups is 1. The highest BCUT2D eigenvalue weighted by Crippen LogP contribution is 2.26. The van der Waals surface area contributed by atoms with Crippen molar-refractivity contribution in [2.75, 3.05) is 6.61 Å². The van der Waals surface area contributed by atoms with Crippen molar-refractivity contribution in [1.82, 2.24) is 10.2 Å². The number of carbonyl (C=O) groups is 4. The first kappa shape index (κ1) is 22.0. The molecule has 0 bridgehead atoms. The van der Waals surface area contributed by atoms with E-state index in [1.54, 1.807) is 48.5 Å². The molecule has 1 aliphatic heterocycles. The maximum Gasteiger partial charge on any atom is 0.330 e. The van der Waals surface area contributed by atoms with Crippen molar-refractivity contribution in [3.05, 3.63) is 107 Å². The van der Waals surface area contributed by atoms with Gasteiger partial charge in [-0.05, 0) is 23.3 Å². The third-order valence-corrected chi connectivity index (χ3v) is 5.36. The zero-order chi connectivity index (χ0) is 23.2. The third-order valence-electron chi connectivity index (χ3n) is 5.36. The Bertz CT molecular complexity index is 1140. The Morgan fingerprint density at radius 2 is 1.27 bits per heavy atom. The summed E-state index contributed by atoms with van der Waals surface area (Å²) >= 11 is 0.